The highest BCUT2D eigenvalue weighted by Gasteiger charge is 2.17. The Morgan fingerprint density at radius 2 is 0.618 bits per heavy atom. The van der Waals surface area contributed by atoms with Gasteiger partial charge in [-0.3, -0.25) is 0 Å². The second-order valence-corrected chi connectivity index (χ2v) is 18.6. The average Bonchev–Trinajstić information content (AvgIpc) is 3.39. The molecule has 0 saturated carbocycles. The Balaban J connectivity index is 0.00000539. The molecule has 0 radical (unpaired) electrons. The van der Waals surface area contributed by atoms with Crippen molar-refractivity contribution in [3.8, 4) is 72.5 Å². The minimum absolute atomic E-state index is 0. The quantitative estimate of drug-likeness (QED) is 0.0876. The van der Waals surface area contributed by atoms with Gasteiger partial charge in [-0.05, 0) is 171 Å². The maximum Gasteiger partial charge on any atom is 0.120 e. The largest absolute Gasteiger partial charge is 1.00 e. The first-order chi connectivity index (χ1) is 32.9. The summed E-state index contributed by atoms with van der Waals surface area (Å²) in [6.45, 7) is 5.03. The molecule has 11 rings (SSSR count). The molecule has 0 aliphatic heterocycles. The molecule has 0 unspecified atom stereocenters. The first-order valence-electron chi connectivity index (χ1n) is 23.7. The zero-order chi connectivity index (χ0) is 45.3. The number of benzene rings is 11. The van der Waals surface area contributed by atoms with Crippen molar-refractivity contribution >= 4 is 43.1 Å². The van der Waals surface area contributed by atoms with Crippen molar-refractivity contribution in [2.45, 2.75) is 13.3 Å². The molecule has 0 fully saturated rings. The summed E-state index contributed by atoms with van der Waals surface area (Å²) in [5, 5.41) is 9.87. The fourth-order valence-corrected chi connectivity index (χ4v) is 9.98. The molecule has 0 spiro atoms. The maximum atomic E-state index is 6.85. The van der Waals surface area contributed by atoms with Gasteiger partial charge in [-0.1, -0.05) is 170 Å². The van der Waals surface area contributed by atoms with E-state index in [1.807, 2.05) is 0 Å². The van der Waals surface area contributed by atoms with Crippen LogP contribution in [0.2, 0.25) is 0 Å². The Morgan fingerprint density at radius 1 is 0.338 bits per heavy atom. The number of rotatable bonds is 12. The minimum Gasteiger partial charge on any atom is -1.00 e. The molecule has 332 valence electrons. The van der Waals surface area contributed by atoms with E-state index in [1.165, 1.54) is 87.6 Å². The van der Waals surface area contributed by atoms with E-state index in [4.69, 9.17) is 4.74 Å². The lowest BCUT2D eigenvalue weighted by atomic mass is 9.88. The van der Waals surface area contributed by atoms with Crippen molar-refractivity contribution in [1.82, 2.24) is 0 Å². The molecule has 0 aliphatic carbocycles. The van der Waals surface area contributed by atoms with Crippen molar-refractivity contribution in [3.63, 3.8) is 0 Å². The van der Waals surface area contributed by atoms with Crippen molar-refractivity contribution in [2.75, 3.05) is 33.8 Å². The van der Waals surface area contributed by atoms with Crippen LogP contribution in [0.4, 0.5) is 0 Å². The molecular formula is C65H54BrNO. The third-order valence-electron chi connectivity index (χ3n) is 13.9. The molecule has 11 aromatic carbocycles. The van der Waals surface area contributed by atoms with E-state index >= 15 is 0 Å². The normalized spacial score (nSPS) is 11.6. The number of fused-ring (bicyclic) bond motifs is 4. The molecule has 0 bridgehead atoms. The van der Waals surface area contributed by atoms with Gasteiger partial charge >= 0.3 is 0 Å². The molecule has 11 aromatic rings. The van der Waals surface area contributed by atoms with Gasteiger partial charge in [-0.15, -0.1) is 0 Å². The van der Waals surface area contributed by atoms with Crippen molar-refractivity contribution in [1.29, 1.82) is 0 Å². The van der Waals surface area contributed by atoms with E-state index in [9.17, 15) is 0 Å². The van der Waals surface area contributed by atoms with Gasteiger partial charge in [-0.25, -0.2) is 0 Å². The van der Waals surface area contributed by atoms with E-state index in [1.54, 1.807) is 0 Å². The Bertz CT molecular complexity index is 3180. The second kappa shape index (κ2) is 19.1. The van der Waals surface area contributed by atoms with Gasteiger partial charge in [0.15, 0.2) is 0 Å². The van der Waals surface area contributed by atoms with Gasteiger partial charge in [0.25, 0.3) is 0 Å². The van der Waals surface area contributed by atoms with Gasteiger partial charge in [0.2, 0.25) is 0 Å². The fourth-order valence-electron chi connectivity index (χ4n) is 9.98. The van der Waals surface area contributed by atoms with Gasteiger partial charge < -0.3 is 26.2 Å². The van der Waals surface area contributed by atoms with Crippen LogP contribution in [0.15, 0.2) is 224 Å². The number of hydrogen-bond acceptors (Lipinski definition) is 1. The van der Waals surface area contributed by atoms with E-state index in [0.29, 0.717) is 6.61 Å². The van der Waals surface area contributed by atoms with Gasteiger partial charge in [0.05, 0.1) is 33.8 Å². The van der Waals surface area contributed by atoms with E-state index < -0.39 is 0 Å². The minimum atomic E-state index is 0. The number of nitrogens with zero attached hydrogens (tertiary/aromatic N) is 1. The highest BCUT2D eigenvalue weighted by atomic mass is 79.9. The lowest BCUT2D eigenvalue weighted by Crippen LogP contribution is -3.00. The molecule has 3 heteroatoms. The van der Waals surface area contributed by atoms with Crippen LogP contribution in [-0.4, -0.2) is 38.3 Å². The summed E-state index contributed by atoms with van der Waals surface area (Å²) in [5.41, 5.74) is 14.1. The van der Waals surface area contributed by atoms with Crippen molar-refractivity contribution in [3.05, 3.63) is 224 Å². The number of halogens is 1. The summed E-state index contributed by atoms with van der Waals surface area (Å²) in [4.78, 5) is 0. The molecule has 0 aliphatic rings. The molecule has 0 aromatic heterocycles. The Kier molecular flexibility index (Phi) is 12.5. The SMILES string of the molecule is CC[N+](C)(C)CCCOc1cc(-c2cc(-c3cccc4ccccc34)cc(-c3cccc4ccccc34)c2)cc(-c2cc(-c3cccc4ccccc34)cc(-c3cccc4ccccc34)c2)c1.[Br-]. The smallest absolute Gasteiger partial charge is 0.120 e. The molecule has 0 atom stereocenters. The highest BCUT2D eigenvalue weighted by Crippen LogP contribution is 2.43. The standard InChI is InChI=1S/C65H54NO.BrH/c1-4-66(2,3)34-17-35-67-57-43-51(49-37-53(62-30-13-22-45-18-5-9-26-58(45)62)41-54(38-49)63-31-14-23-46-19-6-10-27-59(46)63)36-52(44-57)50-39-55(64-32-15-24-47-20-7-11-28-60(47)64)42-56(40-50)65-33-16-25-48-21-8-12-29-61(48)65;/h5-16,18-33,36-44H,4,17,34-35H2,1-3H3;1H/q+1;/p-1. The van der Waals surface area contributed by atoms with Crippen LogP contribution in [0, 0.1) is 0 Å². The Labute approximate surface area is 411 Å². The predicted octanol–water partition coefficient (Wildman–Crippen LogP) is 14.2. The zero-order valence-electron chi connectivity index (χ0n) is 38.9. The van der Waals surface area contributed by atoms with E-state index in [-0.39, 0.29) is 17.0 Å². The predicted molar refractivity (Wildman–Crippen MR) is 287 cm³/mol. The molecule has 0 amide bonds. The highest BCUT2D eigenvalue weighted by molar-refractivity contribution is 6.03. The monoisotopic (exact) mass is 943 g/mol. The lowest BCUT2D eigenvalue weighted by molar-refractivity contribution is -0.888. The number of quaternary nitrogens is 1. The van der Waals surface area contributed by atoms with Gasteiger partial charge in [0.1, 0.15) is 5.75 Å². The van der Waals surface area contributed by atoms with Crippen LogP contribution >= 0.6 is 0 Å². The van der Waals surface area contributed by atoms with Crippen LogP contribution in [0.5, 0.6) is 5.75 Å². The summed E-state index contributed by atoms with van der Waals surface area (Å²) in [5.74, 6) is 0.874. The average molecular weight is 945 g/mol. The Hall–Kier alpha value is -7.30. The Morgan fingerprint density at radius 3 is 0.956 bits per heavy atom. The third-order valence-corrected chi connectivity index (χ3v) is 13.9. The summed E-state index contributed by atoms with van der Waals surface area (Å²) in [6, 6.07) is 82.8. The van der Waals surface area contributed by atoms with Crippen LogP contribution < -0.4 is 21.7 Å². The molecule has 0 heterocycles. The van der Waals surface area contributed by atoms with Gasteiger partial charge in [0, 0.05) is 6.42 Å². The summed E-state index contributed by atoms with van der Waals surface area (Å²) in [6.07, 6.45) is 0.962. The van der Waals surface area contributed by atoms with Gasteiger partial charge in [-0.2, -0.15) is 0 Å². The maximum absolute atomic E-state index is 6.85. The van der Waals surface area contributed by atoms with Crippen LogP contribution in [-0.2, 0) is 0 Å². The first kappa shape index (κ1) is 44.5. The van der Waals surface area contributed by atoms with E-state index in [2.05, 4.69) is 245 Å². The molecular weight excluding hydrogens is 891 g/mol. The fraction of sp³-hybridized carbons (Fsp3) is 0.108. The summed E-state index contributed by atoms with van der Waals surface area (Å²) in [7, 11) is 4.59. The van der Waals surface area contributed by atoms with Crippen molar-refractivity contribution in [2.24, 2.45) is 0 Å². The molecule has 68 heavy (non-hydrogen) atoms. The number of ether oxygens (including phenoxy) is 1. The van der Waals surface area contributed by atoms with Crippen LogP contribution in [0.25, 0.3) is 110 Å². The summed E-state index contributed by atoms with van der Waals surface area (Å²) < 4.78 is 7.81. The van der Waals surface area contributed by atoms with E-state index in [0.717, 1.165) is 52.0 Å². The third kappa shape index (κ3) is 8.96. The molecule has 2 nitrogen and oxygen atoms in total. The summed E-state index contributed by atoms with van der Waals surface area (Å²) >= 11 is 0. The first-order valence-corrected chi connectivity index (χ1v) is 23.7. The zero-order valence-corrected chi connectivity index (χ0v) is 40.5. The lowest BCUT2D eigenvalue weighted by Gasteiger charge is -2.28. The second-order valence-electron chi connectivity index (χ2n) is 18.6. The van der Waals surface area contributed by atoms with Crippen LogP contribution in [0.1, 0.15) is 13.3 Å². The molecule has 0 saturated heterocycles. The molecule has 0 N–H and O–H groups in total. The number of hydrogen-bond donors (Lipinski definition) is 0. The van der Waals surface area contributed by atoms with Crippen molar-refractivity contribution < 1.29 is 26.2 Å². The topological polar surface area (TPSA) is 9.23 Å². The van der Waals surface area contributed by atoms with Crippen LogP contribution in [0.3, 0.4) is 0 Å².